The van der Waals surface area contributed by atoms with Crippen LogP contribution in [0.5, 0.6) is 0 Å². The zero-order valence-corrected chi connectivity index (χ0v) is 11.6. The van der Waals surface area contributed by atoms with Crippen LogP contribution >= 0.6 is 0 Å². The van der Waals surface area contributed by atoms with Crippen LogP contribution in [0.4, 0.5) is 4.39 Å². The molecule has 1 rings (SSSR count). The zero-order chi connectivity index (χ0) is 15.7. The van der Waals surface area contributed by atoms with Gasteiger partial charge in [0.1, 0.15) is 12.4 Å². The minimum absolute atomic E-state index is 0.0540. The van der Waals surface area contributed by atoms with Crippen LogP contribution in [0, 0.1) is 17.7 Å². The van der Waals surface area contributed by atoms with Crippen LogP contribution in [0.15, 0.2) is 18.2 Å². The summed E-state index contributed by atoms with van der Waals surface area (Å²) in [6.45, 7) is 1.70. The molecule has 0 aliphatic heterocycles. The molecule has 0 saturated heterocycles. The fourth-order valence-electron chi connectivity index (χ4n) is 1.56. The minimum Gasteiger partial charge on any atom is -0.466 e. The van der Waals surface area contributed by atoms with E-state index in [-0.39, 0.29) is 37.3 Å². The molecule has 0 atom stereocenters. The fraction of sp³-hybridized carbons (Fsp3) is 0.333. The van der Waals surface area contributed by atoms with Crippen LogP contribution in [-0.4, -0.2) is 36.7 Å². The third-order valence-corrected chi connectivity index (χ3v) is 2.45. The monoisotopic (exact) mass is 293 g/mol. The lowest BCUT2D eigenvalue weighted by Gasteiger charge is -2.07. The summed E-state index contributed by atoms with van der Waals surface area (Å²) in [5.41, 5.74) is 0.360. The van der Waals surface area contributed by atoms with E-state index in [1.807, 2.05) is 0 Å². The molecule has 0 bridgehead atoms. The Balaban J connectivity index is 2.71. The Labute approximate surface area is 122 Å². The molecular weight excluding hydrogens is 277 g/mol. The van der Waals surface area contributed by atoms with Crippen LogP contribution in [0.2, 0.25) is 0 Å². The SMILES string of the molecule is CCOC(=O)CCNC(=O)c1ccc(F)cc1C#CCO. The van der Waals surface area contributed by atoms with Crippen molar-refractivity contribution >= 4 is 11.9 Å². The molecule has 0 aliphatic carbocycles. The number of amides is 1. The van der Waals surface area contributed by atoms with Gasteiger partial charge in [-0.05, 0) is 25.1 Å². The van der Waals surface area contributed by atoms with Gasteiger partial charge in [-0.2, -0.15) is 0 Å². The lowest BCUT2D eigenvalue weighted by Crippen LogP contribution is -2.27. The number of hydrogen-bond acceptors (Lipinski definition) is 4. The highest BCUT2D eigenvalue weighted by Gasteiger charge is 2.11. The number of benzene rings is 1. The van der Waals surface area contributed by atoms with Gasteiger partial charge in [-0.3, -0.25) is 9.59 Å². The highest BCUT2D eigenvalue weighted by molar-refractivity contribution is 5.96. The lowest BCUT2D eigenvalue weighted by atomic mass is 10.1. The van der Waals surface area contributed by atoms with E-state index in [2.05, 4.69) is 17.2 Å². The van der Waals surface area contributed by atoms with E-state index in [1.54, 1.807) is 6.92 Å². The van der Waals surface area contributed by atoms with E-state index in [1.165, 1.54) is 6.07 Å². The quantitative estimate of drug-likeness (QED) is 0.623. The average molecular weight is 293 g/mol. The summed E-state index contributed by atoms with van der Waals surface area (Å²) in [4.78, 5) is 23.1. The number of carbonyl (C=O) groups is 2. The molecule has 0 radical (unpaired) electrons. The van der Waals surface area contributed by atoms with Crippen molar-refractivity contribution in [1.82, 2.24) is 5.32 Å². The molecular formula is C15H16FNO4. The van der Waals surface area contributed by atoms with Crippen molar-refractivity contribution < 1.29 is 23.8 Å². The van der Waals surface area contributed by atoms with E-state index in [4.69, 9.17) is 9.84 Å². The number of carbonyl (C=O) groups excluding carboxylic acids is 2. The topological polar surface area (TPSA) is 75.6 Å². The van der Waals surface area contributed by atoms with Crippen molar-refractivity contribution in [3.05, 3.63) is 35.1 Å². The smallest absolute Gasteiger partial charge is 0.307 e. The van der Waals surface area contributed by atoms with Crippen LogP contribution in [-0.2, 0) is 9.53 Å². The number of rotatable bonds is 5. The second kappa shape index (κ2) is 8.72. The Morgan fingerprint density at radius 3 is 2.86 bits per heavy atom. The van der Waals surface area contributed by atoms with E-state index in [0.29, 0.717) is 0 Å². The highest BCUT2D eigenvalue weighted by atomic mass is 19.1. The van der Waals surface area contributed by atoms with Crippen LogP contribution < -0.4 is 5.32 Å². The number of nitrogens with one attached hydrogen (secondary N) is 1. The molecule has 0 heterocycles. The Bertz CT molecular complexity index is 575. The summed E-state index contributed by atoms with van der Waals surface area (Å²) in [6.07, 6.45) is 0.0540. The summed E-state index contributed by atoms with van der Waals surface area (Å²) >= 11 is 0. The lowest BCUT2D eigenvalue weighted by molar-refractivity contribution is -0.142. The van der Waals surface area contributed by atoms with Gasteiger partial charge in [0.2, 0.25) is 0 Å². The van der Waals surface area contributed by atoms with E-state index in [9.17, 15) is 14.0 Å². The van der Waals surface area contributed by atoms with E-state index >= 15 is 0 Å². The average Bonchev–Trinajstić information content (AvgIpc) is 2.45. The molecule has 0 saturated carbocycles. The largest absolute Gasteiger partial charge is 0.466 e. The van der Waals surface area contributed by atoms with Gasteiger partial charge in [0.15, 0.2) is 0 Å². The molecule has 21 heavy (non-hydrogen) atoms. The van der Waals surface area contributed by atoms with Crippen molar-refractivity contribution in [2.45, 2.75) is 13.3 Å². The molecule has 0 aromatic heterocycles. The van der Waals surface area contributed by atoms with E-state index < -0.39 is 17.7 Å². The van der Waals surface area contributed by atoms with Gasteiger partial charge < -0.3 is 15.2 Å². The second-order valence-corrected chi connectivity index (χ2v) is 3.96. The van der Waals surface area contributed by atoms with Crippen molar-refractivity contribution in [1.29, 1.82) is 0 Å². The molecule has 0 aliphatic rings. The number of hydrogen-bond donors (Lipinski definition) is 2. The summed E-state index contributed by atoms with van der Waals surface area (Å²) in [5, 5.41) is 11.2. The van der Waals surface area contributed by atoms with Crippen molar-refractivity contribution in [2.75, 3.05) is 19.8 Å². The number of esters is 1. The maximum Gasteiger partial charge on any atom is 0.307 e. The summed E-state index contributed by atoms with van der Waals surface area (Å²) < 4.78 is 17.9. The van der Waals surface area contributed by atoms with Gasteiger partial charge in [0, 0.05) is 12.1 Å². The predicted molar refractivity (Wildman–Crippen MR) is 73.9 cm³/mol. The first kappa shape index (κ1) is 16.7. The maximum atomic E-state index is 13.2. The second-order valence-electron chi connectivity index (χ2n) is 3.96. The number of aliphatic hydroxyl groups is 1. The zero-order valence-electron chi connectivity index (χ0n) is 11.6. The van der Waals surface area contributed by atoms with Gasteiger partial charge in [-0.25, -0.2) is 4.39 Å². The van der Waals surface area contributed by atoms with Gasteiger partial charge >= 0.3 is 5.97 Å². The van der Waals surface area contributed by atoms with Crippen LogP contribution in [0.25, 0.3) is 0 Å². The molecule has 0 spiro atoms. The normalized spacial score (nSPS) is 9.48. The molecule has 1 aromatic rings. The van der Waals surface area contributed by atoms with Crippen LogP contribution in [0.1, 0.15) is 29.3 Å². The number of halogens is 1. The molecule has 1 amide bonds. The molecule has 2 N–H and O–H groups in total. The Morgan fingerprint density at radius 2 is 2.19 bits per heavy atom. The first-order valence-electron chi connectivity index (χ1n) is 6.41. The summed E-state index contributed by atoms with van der Waals surface area (Å²) in [7, 11) is 0. The molecule has 112 valence electrons. The first-order valence-corrected chi connectivity index (χ1v) is 6.41. The third-order valence-electron chi connectivity index (χ3n) is 2.45. The number of ether oxygens (including phenoxy) is 1. The third kappa shape index (κ3) is 5.63. The van der Waals surface area contributed by atoms with Gasteiger partial charge in [0.25, 0.3) is 5.91 Å². The molecule has 0 unspecified atom stereocenters. The van der Waals surface area contributed by atoms with Crippen molar-refractivity contribution in [3.63, 3.8) is 0 Å². The minimum atomic E-state index is -0.527. The summed E-state index contributed by atoms with van der Waals surface area (Å²) in [6, 6.07) is 3.56. The molecule has 6 heteroatoms. The maximum absolute atomic E-state index is 13.2. The van der Waals surface area contributed by atoms with Crippen molar-refractivity contribution in [2.24, 2.45) is 0 Å². The molecule has 5 nitrogen and oxygen atoms in total. The van der Waals surface area contributed by atoms with Crippen LogP contribution in [0.3, 0.4) is 0 Å². The predicted octanol–water partition coefficient (Wildman–Crippen LogP) is 0.852. The van der Waals surface area contributed by atoms with Gasteiger partial charge in [0.05, 0.1) is 18.6 Å². The van der Waals surface area contributed by atoms with Gasteiger partial charge in [-0.15, -0.1) is 0 Å². The Morgan fingerprint density at radius 1 is 1.43 bits per heavy atom. The molecule has 1 aromatic carbocycles. The standard InChI is InChI=1S/C15H16FNO4/c1-2-21-14(19)7-8-17-15(20)13-6-5-12(16)10-11(13)4-3-9-18/h5-6,10,18H,2,7-9H2,1H3,(H,17,20). The number of aliphatic hydroxyl groups excluding tert-OH is 1. The van der Waals surface area contributed by atoms with Gasteiger partial charge in [-0.1, -0.05) is 11.8 Å². The van der Waals surface area contributed by atoms with E-state index in [0.717, 1.165) is 12.1 Å². The Hall–Kier alpha value is -2.39. The highest BCUT2D eigenvalue weighted by Crippen LogP contribution is 2.10. The summed E-state index contributed by atoms with van der Waals surface area (Å²) in [5.74, 6) is 3.47. The fourth-order valence-corrected chi connectivity index (χ4v) is 1.56. The first-order chi connectivity index (χ1) is 10.1. The van der Waals surface area contributed by atoms with Crippen molar-refractivity contribution in [3.8, 4) is 11.8 Å². The Kier molecular flexibility index (Phi) is 6.92. The molecule has 0 fully saturated rings.